The van der Waals surface area contributed by atoms with Gasteiger partial charge in [0.05, 0.1) is 35.0 Å². The van der Waals surface area contributed by atoms with Crippen LogP contribution in [-0.2, 0) is 6.54 Å². The number of nitrogens with zero attached hydrogens (tertiary/aromatic N) is 5. The van der Waals surface area contributed by atoms with E-state index in [9.17, 15) is 4.79 Å². The second kappa shape index (κ2) is 7.90. The monoisotopic (exact) mass is 439 g/mol. The van der Waals surface area contributed by atoms with Gasteiger partial charge in [0, 0.05) is 44.5 Å². The van der Waals surface area contributed by atoms with E-state index in [0.29, 0.717) is 12.1 Å². The fourth-order valence-corrected chi connectivity index (χ4v) is 4.67. The number of fused-ring (bicyclic) bond motifs is 2. The average molecular weight is 440 g/mol. The van der Waals surface area contributed by atoms with E-state index in [2.05, 4.69) is 49.6 Å². The Labute approximate surface area is 191 Å². The summed E-state index contributed by atoms with van der Waals surface area (Å²) in [6, 6.07) is 14.0. The largest absolute Gasteiger partial charge is 0.368 e. The molecule has 0 aliphatic carbocycles. The second-order valence-electron chi connectivity index (χ2n) is 8.59. The quantitative estimate of drug-likeness (QED) is 0.509. The molecule has 3 aromatic heterocycles. The number of aromatic nitrogens is 3. The first-order chi connectivity index (χ1) is 16.2. The van der Waals surface area contributed by atoms with Crippen LogP contribution in [0.25, 0.3) is 16.9 Å². The molecule has 0 atom stereocenters. The molecule has 33 heavy (non-hydrogen) atoms. The number of carbonyl (C=O) groups is 1. The molecule has 6 rings (SSSR count). The van der Waals surface area contributed by atoms with Gasteiger partial charge in [-0.15, -0.1) is 0 Å². The number of benzene rings is 1. The summed E-state index contributed by atoms with van der Waals surface area (Å²) in [5.41, 5.74) is 6.39. The highest BCUT2D eigenvalue weighted by Gasteiger charge is 2.27. The zero-order valence-electron chi connectivity index (χ0n) is 18.5. The van der Waals surface area contributed by atoms with Gasteiger partial charge in [0.25, 0.3) is 5.91 Å². The first-order valence-electron chi connectivity index (χ1n) is 11.2. The van der Waals surface area contributed by atoms with Gasteiger partial charge in [0.2, 0.25) is 0 Å². The van der Waals surface area contributed by atoms with Gasteiger partial charge in [-0.05, 0) is 42.9 Å². The van der Waals surface area contributed by atoms with Gasteiger partial charge in [-0.1, -0.05) is 12.1 Å². The van der Waals surface area contributed by atoms with E-state index in [1.807, 2.05) is 53.3 Å². The molecule has 1 fully saturated rings. The van der Waals surface area contributed by atoms with Crippen LogP contribution in [0.2, 0.25) is 0 Å². The van der Waals surface area contributed by atoms with Crippen LogP contribution in [0, 0.1) is 0 Å². The molecule has 1 amide bonds. The van der Waals surface area contributed by atoms with E-state index in [-0.39, 0.29) is 5.91 Å². The van der Waals surface area contributed by atoms with E-state index >= 15 is 0 Å². The zero-order chi connectivity index (χ0) is 22.4. The van der Waals surface area contributed by atoms with Crippen LogP contribution in [0.15, 0.2) is 61.1 Å². The average Bonchev–Trinajstić information content (AvgIpc) is 3.45. The Morgan fingerprint density at radius 3 is 2.67 bits per heavy atom. The van der Waals surface area contributed by atoms with Gasteiger partial charge in [0.1, 0.15) is 11.5 Å². The van der Waals surface area contributed by atoms with Crippen LogP contribution in [0.3, 0.4) is 0 Å². The van der Waals surface area contributed by atoms with Crippen LogP contribution in [-0.4, -0.2) is 58.4 Å². The summed E-state index contributed by atoms with van der Waals surface area (Å²) in [5, 5.41) is 6.34. The third-order valence-electron chi connectivity index (χ3n) is 6.54. The number of piperazine rings is 1. The molecule has 2 aliphatic heterocycles. The highest BCUT2D eigenvalue weighted by atomic mass is 16.1. The van der Waals surface area contributed by atoms with Gasteiger partial charge in [0.15, 0.2) is 0 Å². The molecule has 8 heteroatoms. The standard InChI is InChI=1S/C25H25N7O/c1-30-10-12-31(13-11-30)17-5-8-22(26-14-17)29-20-7-6-18(19-15-28-25(33)24(19)20)21-16-27-23-4-2-3-9-32(21)23/h2-9,14,16H,10-13,15H2,1H3,(H,26,29)(H,28,33). The van der Waals surface area contributed by atoms with Crippen molar-refractivity contribution >= 4 is 28.7 Å². The van der Waals surface area contributed by atoms with Crippen molar-refractivity contribution in [2.24, 2.45) is 0 Å². The van der Waals surface area contributed by atoms with Crippen LogP contribution in [0.1, 0.15) is 15.9 Å². The molecule has 0 bridgehead atoms. The number of pyridine rings is 2. The lowest BCUT2D eigenvalue weighted by Gasteiger charge is -2.33. The van der Waals surface area contributed by atoms with Gasteiger partial charge >= 0.3 is 0 Å². The van der Waals surface area contributed by atoms with Gasteiger partial charge in [-0.3, -0.25) is 9.20 Å². The number of rotatable bonds is 4. The minimum Gasteiger partial charge on any atom is -0.368 e. The third-order valence-corrected chi connectivity index (χ3v) is 6.54. The SMILES string of the molecule is CN1CCN(c2ccc(Nc3ccc(-c4cnc5ccccn45)c4c3C(=O)NC4)nc2)CC1. The number of anilines is 3. The third kappa shape index (κ3) is 3.48. The van der Waals surface area contributed by atoms with Gasteiger partial charge < -0.3 is 20.4 Å². The first kappa shape index (κ1) is 19.8. The number of hydrogen-bond donors (Lipinski definition) is 2. The van der Waals surface area contributed by atoms with Crippen molar-refractivity contribution in [2.75, 3.05) is 43.4 Å². The Morgan fingerprint density at radius 1 is 0.970 bits per heavy atom. The van der Waals surface area contributed by atoms with Crippen molar-refractivity contribution in [1.82, 2.24) is 24.6 Å². The summed E-state index contributed by atoms with van der Waals surface area (Å²) >= 11 is 0. The molecular weight excluding hydrogens is 414 g/mol. The van der Waals surface area contributed by atoms with Crippen LogP contribution >= 0.6 is 0 Å². The molecule has 0 saturated carbocycles. The lowest BCUT2D eigenvalue weighted by molar-refractivity contribution is 0.0966. The van der Waals surface area contributed by atoms with Gasteiger partial charge in [-0.25, -0.2) is 9.97 Å². The topological polar surface area (TPSA) is 77.8 Å². The molecule has 166 valence electrons. The number of likely N-dealkylation sites (N-methyl/N-ethyl adjacent to an activating group) is 1. The fourth-order valence-electron chi connectivity index (χ4n) is 4.67. The maximum absolute atomic E-state index is 12.7. The molecule has 0 unspecified atom stereocenters. The number of amides is 1. The molecule has 1 saturated heterocycles. The molecule has 0 radical (unpaired) electrons. The number of nitrogens with one attached hydrogen (secondary N) is 2. The van der Waals surface area contributed by atoms with Crippen LogP contribution < -0.4 is 15.5 Å². The minimum absolute atomic E-state index is 0.0720. The van der Waals surface area contributed by atoms with E-state index in [4.69, 9.17) is 0 Å². The summed E-state index contributed by atoms with van der Waals surface area (Å²) in [5.74, 6) is 0.648. The Kier molecular flexibility index (Phi) is 4.73. The lowest BCUT2D eigenvalue weighted by Crippen LogP contribution is -2.44. The van der Waals surface area contributed by atoms with E-state index in [1.54, 1.807) is 0 Å². The Bertz CT molecular complexity index is 1340. The molecule has 0 spiro atoms. The van der Waals surface area contributed by atoms with Crippen molar-refractivity contribution < 1.29 is 4.79 Å². The second-order valence-corrected chi connectivity index (χ2v) is 8.59. The molecule has 4 aromatic rings. The first-order valence-corrected chi connectivity index (χ1v) is 11.2. The zero-order valence-corrected chi connectivity index (χ0v) is 18.5. The summed E-state index contributed by atoms with van der Waals surface area (Å²) < 4.78 is 2.05. The highest BCUT2D eigenvalue weighted by Crippen LogP contribution is 2.35. The molecule has 5 heterocycles. The lowest BCUT2D eigenvalue weighted by atomic mass is 9.99. The van der Waals surface area contributed by atoms with Gasteiger partial charge in [-0.2, -0.15) is 0 Å². The Balaban J connectivity index is 1.31. The summed E-state index contributed by atoms with van der Waals surface area (Å²) in [7, 11) is 2.15. The summed E-state index contributed by atoms with van der Waals surface area (Å²) in [6.07, 6.45) is 5.76. The Morgan fingerprint density at radius 2 is 1.85 bits per heavy atom. The predicted molar refractivity (Wildman–Crippen MR) is 129 cm³/mol. The maximum Gasteiger partial charge on any atom is 0.254 e. The fraction of sp³-hybridized carbons (Fsp3) is 0.240. The number of carbonyl (C=O) groups excluding carboxylic acids is 1. The van der Waals surface area contributed by atoms with Crippen molar-refractivity contribution in [2.45, 2.75) is 6.54 Å². The van der Waals surface area contributed by atoms with Crippen molar-refractivity contribution in [1.29, 1.82) is 0 Å². The van der Waals surface area contributed by atoms with Crippen LogP contribution in [0.5, 0.6) is 0 Å². The molecule has 1 aromatic carbocycles. The molecule has 8 nitrogen and oxygen atoms in total. The van der Waals surface area contributed by atoms with E-state index in [1.165, 1.54) is 0 Å². The smallest absolute Gasteiger partial charge is 0.254 e. The minimum atomic E-state index is -0.0720. The normalized spacial score (nSPS) is 16.2. The number of hydrogen-bond acceptors (Lipinski definition) is 6. The van der Waals surface area contributed by atoms with Crippen LogP contribution in [0.4, 0.5) is 17.2 Å². The predicted octanol–water partition coefficient (Wildman–Crippen LogP) is 3.14. The van der Waals surface area contributed by atoms with Crippen molar-refractivity contribution in [3.63, 3.8) is 0 Å². The summed E-state index contributed by atoms with van der Waals surface area (Å²) in [4.78, 5) is 26.6. The molecule has 2 N–H and O–H groups in total. The molecular formula is C25H25N7O. The number of imidazole rings is 1. The Hall–Kier alpha value is -3.91. The molecule has 2 aliphatic rings. The maximum atomic E-state index is 12.7. The van der Waals surface area contributed by atoms with E-state index < -0.39 is 0 Å². The van der Waals surface area contributed by atoms with E-state index in [0.717, 1.165) is 65.8 Å². The van der Waals surface area contributed by atoms with Crippen molar-refractivity contribution in [3.05, 3.63) is 72.2 Å². The highest BCUT2D eigenvalue weighted by molar-refractivity contribution is 6.06. The summed E-state index contributed by atoms with van der Waals surface area (Å²) in [6.45, 7) is 4.61. The van der Waals surface area contributed by atoms with Crippen molar-refractivity contribution in [3.8, 4) is 11.3 Å².